The maximum Gasteiger partial charge on any atom is 0.299 e. The molecule has 1 aliphatic rings. The van der Waals surface area contributed by atoms with Gasteiger partial charge in [0.15, 0.2) is 0 Å². The highest BCUT2D eigenvalue weighted by Crippen LogP contribution is 2.34. The van der Waals surface area contributed by atoms with E-state index in [0.717, 1.165) is 0 Å². The van der Waals surface area contributed by atoms with Crippen molar-refractivity contribution in [3.8, 4) is 0 Å². The van der Waals surface area contributed by atoms with Crippen LogP contribution in [0.3, 0.4) is 0 Å². The SMILES string of the molecule is Cn1ncnc1CN1C(=O)C(=O)c2c(Br)cccc21. The van der Waals surface area contributed by atoms with Gasteiger partial charge in [0.25, 0.3) is 11.7 Å². The third kappa shape index (κ3) is 1.77. The molecule has 0 aliphatic carbocycles. The van der Waals surface area contributed by atoms with Gasteiger partial charge in [0, 0.05) is 11.5 Å². The zero-order chi connectivity index (χ0) is 13.6. The Balaban J connectivity index is 2.05. The molecule has 19 heavy (non-hydrogen) atoms. The molecule has 0 saturated heterocycles. The van der Waals surface area contributed by atoms with Crippen LogP contribution in [0.2, 0.25) is 0 Å². The number of amides is 1. The number of ketones is 1. The monoisotopic (exact) mass is 320 g/mol. The van der Waals surface area contributed by atoms with Gasteiger partial charge in [-0.05, 0) is 28.1 Å². The summed E-state index contributed by atoms with van der Waals surface area (Å²) in [7, 11) is 1.74. The Morgan fingerprint density at radius 3 is 2.79 bits per heavy atom. The molecule has 0 radical (unpaired) electrons. The van der Waals surface area contributed by atoms with E-state index in [2.05, 4.69) is 26.0 Å². The first kappa shape index (κ1) is 12.0. The average Bonchev–Trinajstić information content (AvgIpc) is 2.89. The number of carbonyl (C=O) groups excluding carboxylic acids is 2. The van der Waals surface area contributed by atoms with Gasteiger partial charge in [0.05, 0.1) is 17.8 Å². The molecule has 1 amide bonds. The normalized spacial score (nSPS) is 14.1. The minimum Gasteiger partial charge on any atom is -0.297 e. The maximum atomic E-state index is 12.1. The molecule has 0 fully saturated rings. The standard InChI is InChI=1S/C12H9BrN4O2/c1-16-9(14-6-15-16)5-17-8-4-2-3-7(13)10(8)11(18)12(17)19/h2-4,6H,5H2,1H3. The Bertz CT molecular complexity index is 695. The minimum absolute atomic E-state index is 0.227. The van der Waals surface area contributed by atoms with Gasteiger partial charge in [-0.1, -0.05) is 6.07 Å². The Labute approximate surface area is 117 Å². The molecular weight excluding hydrogens is 312 g/mol. The highest BCUT2D eigenvalue weighted by Gasteiger charge is 2.37. The summed E-state index contributed by atoms with van der Waals surface area (Å²) >= 11 is 3.30. The van der Waals surface area contributed by atoms with Crippen LogP contribution < -0.4 is 4.90 Å². The van der Waals surface area contributed by atoms with Crippen molar-refractivity contribution < 1.29 is 9.59 Å². The number of nitrogens with zero attached hydrogens (tertiary/aromatic N) is 4. The summed E-state index contributed by atoms with van der Waals surface area (Å²) in [6, 6.07) is 5.29. The van der Waals surface area contributed by atoms with Crippen LogP contribution in [-0.2, 0) is 18.4 Å². The van der Waals surface area contributed by atoms with E-state index in [9.17, 15) is 9.59 Å². The fraction of sp³-hybridized carbons (Fsp3) is 0.167. The van der Waals surface area contributed by atoms with Gasteiger partial charge in [0.1, 0.15) is 12.2 Å². The highest BCUT2D eigenvalue weighted by molar-refractivity contribution is 9.10. The Morgan fingerprint density at radius 1 is 1.32 bits per heavy atom. The zero-order valence-electron chi connectivity index (χ0n) is 10.00. The second-order valence-corrected chi connectivity index (χ2v) is 5.01. The lowest BCUT2D eigenvalue weighted by molar-refractivity contribution is -0.114. The topological polar surface area (TPSA) is 68.1 Å². The van der Waals surface area contributed by atoms with Crippen molar-refractivity contribution in [3.05, 3.63) is 40.4 Å². The molecule has 0 bridgehead atoms. The first-order valence-corrected chi connectivity index (χ1v) is 6.36. The predicted octanol–water partition coefficient (Wildman–Crippen LogP) is 1.31. The predicted molar refractivity (Wildman–Crippen MR) is 70.7 cm³/mol. The van der Waals surface area contributed by atoms with Gasteiger partial charge in [0.2, 0.25) is 0 Å². The maximum absolute atomic E-state index is 12.1. The Morgan fingerprint density at radius 2 is 2.11 bits per heavy atom. The summed E-state index contributed by atoms with van der Waals surface area (Å²) in [4.78, 5) is 29.5. The van der Waals surface area contributed by atoms with Crippen LogP contribution in [0.1, 0.15) is 16.2 Å². The molecule has 0 N–H and O–H groups in total. The number of Topliss-reactive ketones (excluding diaryl/α,β-unsaturated/α-hetero) is 1. The quantitative estimate of drug-likeness (QED) is 0.782. The minimum atomic E-state index is -0.537. The summed E-state index contributed by atoms with van der Waals surface area (Å²) in [6.07, 6.45) is 1.42. The van der Waals surface area contributed by atoms with Crippen molar-refractivity contribution in [2.75, 3.05) is 4.90 Å². The smallest absolute Gasteiger partial charge is 0.297 e. The average molecular weight is 321 g/mol. The molecular formula is C12H9BrN4O2. The number of hydrogen-bond acceptors (Lipinski definition) is 4. The fourth-order valence-electron chi connectivity index (χ4n) is 2.06. The molecule has 0 unspecified atom stereocenters. The number of anilines is 1. The Kier molecular flexibility index (Phi) is 2.70. The molecule has 2 aromatic rings. The zero-order valence-corrected chi connectivity index (χ0v) is 11.6. The third-order valence-corrected chi connectivity index (χ3v) is 3.71. The summed E-state index contributed by atoms with van der Waals surface area (Å²) in [5.74, 6) is -0.413. The lowest BCUT2D eigenvalue weighted by Crippen LogP contribution is -2.30. The van der Waals surface area contributed by atoms with Gasteiger partial charge in [-0.15, -0.1) is 0 Å². The van der Waals surface area contributed by atoms with Crippen LogP contribution in [0.4, 0.5) is 5.69 Å². The van der Waals surface area contributed by atoms with Gasteiger partial charge in [-0.25, -0.2) is 4.98 Å². The molecule has 7 heteroatoms. The van der Waals surface area contributed by atoms with Crippen molar-refractivity contribution in [3.63, 3.8) is 0 Å². The van der Waals surface area contributed by atoms with Crippen molar-refractivity contribution >= 4 is 33.3 Å². The number of fused-ring (bicyclic) bond motifs is 1. The van der Waals surface area contributed by atoms with Crippen LogP contribution in [0.15, 0.2) is 29.0 Å². The van der Waals surface area contributed by atoms with E-state index in [0.29, 0.717) is 21.5 Å². The lowest BCUT2D eigenvalue weighted by atomic mass is 10.1. The van der Waals surface area contributed by atoms with Gasteiger partial charge in [-0.2, -0.15) is 5.10 Å². The molecule has 0 spiro atoms. The Hall–Kier alpha value is -2.02. The number of aryl methyl sites for hydroxylation is 1. The number of aromatic nitrogens is 3. The molecule has 6 nitrogen and oxygen atoms in total. The largest absolute Gasteiger partial charge is 0.299 e. The lowest BCUT2D eigenvalue weighted by Gasteiger charge is -2.15. The van der Waals surface area contributed by atoms with E-state index < -0.39 is 11.7 Å². The third-order valence-electron chi connectivity index (χ3n) is 3.05. The fourth-order valence-corrected chi connectivity index (χ4v) is 2.60. The van der Waals surface area contributed by atoms with Gasteiger partial charge in [-0.3, -0.25) is 19.2 Å². The number of halogens is 1. The molecule has 1 aromatic heterocycles. The van der Waals surface area contributed by atoms with Crippen LogP contribution in [0, 0.1) is 0 Å². The van der Waals surface area contributed by atoms with Gasteiger partial charge >= 0.3 is 0 Å². The highest BCUT2D eigenvalue weighted by atomic mass is 79.9. The van der Waals surface area contributed by atoms with E-state index in [1.54, 1.807) is 29.9 Å². The summed E-state index contributed by atoms with van der Waals surface area (Å²) in [6.45, 7) is 0.227. The van der Waals surface area contributed by atoms with Crippen molar-refractivity contribution in [2.24, 2.45) is 7.05 Å². The van der Waals surface area contributed by atoms with Crippen LogP contribution in [0.25, 0.3) is 0 Å². The van der Waals surface area contributed by atoms with E-state index >= 15 is 0 Å². The number of carbonyl (C=O) groups is 2. The molecule has 2 heterocycles. The molecule has 0 atom stereocenters. The second-order valence-electron chi connectivity index (χ2n) is 4.15. The molecule has 1 aliphatic heterocycles. The molecule has 3 rings (SSSR count). The van der Waals surface area contributed by atoms with Crippen LogP contribution in [0.5, 0.6) is 0 Å². The molecule has 96 valence electrons. The number of hydrogen-bond donors (Lipinski definition) is 0. The first-order valence-electron chi connectivity index (χ1n) is 5.57. The van der Waals surface area contributed by atoms with Crippen molar-refractivity contribution in [1.29, 1.82) is 0 Å². The van der Waals surface area contributed by atoms with Crippen LogP contribution in [-0.4, -0.2) is 26.5 Å². The van der Waals surface area contributed by atoms with E-state index in [4.69, 9.17) is 0 Å². The number of benzene rings is 1. The molecule has 1 aromatic carbocycles. The van der Waals surface area contributed by atoms with E-state index in [-0.39, 0.29) is 6.54 Å². The molecule has 0 saturated carbocycles. The summed E-state index contributed by atoms with van der Waals surface area (Å²) < 4.78 is 2.21. The summed E-state index contributed by atoms with van der Waals surface area (Å²) in [5.41, 5.74) is 1.02. The van der Waals surface area contributed by atoms with Crippen molar-refractivity contribution in [2.45, 2.75) is 6.54 Å². The number of rotatable bonds is 2. The van der Waals surface area contributed by atoms with E-state index in [1.165, 1.54) is 11.2 Å². The van der Waals surface area contributed by atoms with Crippen molar-refractivity contribution in [1.82, 2.24) is 14.8 Å². The van der Waals surface area contributed by atoms with Crippen LogP contribution >= 0.6 is 15.9 Å². The first-order chi connectivity index (χ1) is 9.09. The van der Waals surface area contributed by atoms with Gasteiger partial charge < -0.3 is 0 Å². The summed E-state index contributed by atoms with van der Waals surface area (Å²) in [5, 5.41) is 3.95. The second kappa shape index (κ2) is 4.27. The van der Waals surface area contributed by atoms with E-state index in [1.807, 2.05) is 0 Å².